The van der Waals surface area contributed by atoms with Gasteiger partial charge in [0.2, 0.25) is 0 Å². The Bertz CT molecular complexity index is 603. The predicted molar refractivity (Wildman–Crippen MR) is 114 cm³/mol. The molecule has 1 fully saturated rings. The summed E-state index contributed by atoms with van der Waals surface area (Å²) in [5.74, 6) is 2.43. The largest absolute Gasteiger partial charge is 0.493 e. The normalized spacial score (nSPS) is 16.5. The van der Waals surface area contributed by atoms with Crippen LogP contribution < -0.4 is 20.1 Å². The molecule has 28 heavy (non-hydrogen) atoms. The summed E-state index contributed by atoms with van der Waals surface area (Å²) in [6.45, 7) is 10.5. The highest BCUT2D eigenvalue weighted by atomic mass is 16.5. The van der Waals surface area contributed by atoms with E-state index in [9.17, 15) is 0 Å². The summed E-state index contributed by atoms with van der Waals surface area (Å²) < 4.78 is 16.1. The molecule has 2 N–H and O–H groups in total. The van der Waals surface area contributed by atoms with Crippen molar-refractivity contribution in [2.75, 3.05) is 60.2 Å². The third-order valence-corrected chi connectivity index (χ3v) is 4.91. The van der Waals surface area contributed by atoms with Gasteiger partial charge >= 0.3 is 0 Å². The molecular weight excluding hydrogens is 356 g/mol. The van der Waals surface area contributed by atoms with Crippen LogP contribution in [-0.2, 0) is 11.2 Å². The molecule has 0 saturated carbocycles. The van der Waals surface area contributed by atoms with Crippen LogP contribution in [0.3, 0.4) is 0 Å². The van der Waals surface area contributed by atoms with Crippen molar-refractivity contribution in [2.24, 2.45) is 4.99 Å². The molecular formula is C21H36N4O3. The van der Waals surface area contributed by atoms with Crippen LogP contribution in [0.2, 0.25) is 0 Å². The van der Waals surface area contributed by atoms with Gasteiger partial charge in [0.25, 0.3) is 0 Å². The second-order valence-corrected chi connectivity index (χ2v) is 6.94. The van der Waals surface area contributed by atoms with Crippen molar-refractivity contribution in [1.82, 2.24) is 15.5 Å². The zero-order valence-corrected chi connectivity index (χ0v) is 17.8. The second kappa shape index (κ2) is 12.5. The van der Waals surface area contributed by atoms with Crippen LogP contribution in [-0.4, -0.2) is 77.1 Å². The minimum Gasteiger partial charge on any atom is -0.493 e. The fourth-order valence-corrected chi connectivity index (χ4v) is 3.23. The smallest absolute Gasteiger partial charge is 0.191 e. The lowest BCUT2D eigenvalue weighted by atomic mass is 10.1. The molecule has 1 atom stereocenters. The van der Waals surface area contributed by atoms with E-state index in [4.69, 9.17) is 19.2 Å². The first kappa shape index (κ1) is 22.3. The number of morpholine rings is 1. The van der Waals surface area contributed by atoms with E-state index in [0.29, 0.717) is 6.04 Å². The Morgan fingerprint density at radius 3 is 2.61 bits per heavy atom. The molecule has 0 aromatic heterocycles. The fraction of sp³-hybridized carbons (Fsp3) is 0.667. The topological polar surface area (TPSA) is 67.4 Å². The summed E-state index contributed by atoms with van der Waals surface area (Å²) in [6, 6.07) is 6.51. The summed E-state index contributed by atoms with van der Waals surface area (Å²) in [5, 5.41) is 6.77. The molecule has 1 aromatic carbocycles. The van der Waals surface area contributed by atoms with Crippen molar-refractivity contribution < 1.29 is 14.2 Å². The fourth-order valence-electron chi connectivity index (χ4n) is 3.23. The van der Waals surface area contributed by atoms with Gasteiger partial charge in [-0.15, -0.1) is 0 Å². The molecule has 0 amide bonds. The molecule has 1 saturated heterocycles. The van der Waals surface area contributed by atoms with Gasteiger partial charge in [0.05, 0.1) is 34.0 Å². The lowest BCUT2D eigenvalue weighted by molar-refractivity contribution is 0.0220. The number of benzene rings is 1. The number of rotatable bonds is 10. The van der Waals surface area contributed by atoms with Crippen molar-refractivity contribution in [1.29, 1.82) is 0 Å². The number of aliphatic imine (C=N–C) groups is 1. The molecule has 1 aliphatic rings. The summed E-state index contributed by atoms with van der Waals surface area (Å²) in [6.07, 6.45) is 1.98. The molecule has 1 aromatic rings. The third-order valence-electron chi connectivity index (χ3n) is 4.91. The van der Waals surface area contributed by atoms with E-state index in [1.807, 2.05) is 12.1 Å². The lowest BCUT2D eigenvalue weighted by Crippen LogP contribution is -2.44. The van der Waals surface area contributed by atoms with Gasteiger partial charge in [0, 0.05) is 32.2 Å². The van der Waals surface area contributed by atoms with E-state index in [0.717, 1.165) is 76.2 Å². The highest BCUT2D eigenvalue weighted by Gasteiger charge is 2.16. The maximum Gasteiger partial charge on any atom is 0.191 e. The Hall–Kier alpha value is -1.99. The maximum atomic E-state index is 5.43. The Morgan fingerprint density at radius 1 is 1.18 bits per heavy atom. The Morgan fingerprint density at radius 2 is 1.93 bits per heavy atom. The molecule has 158 valence electrons. The number of aryl methyl sites for hydroxylation is 1. The van der Waals surface area contributed by atoms with E-state index >= 15 is 0 Å². The zero-order chi connectivity index (χ0) is 20.2. The molecule has 7 nitrogen and oxygen atoms in total. The maximum absolute atomic E-state index is 5.43. The first-order valence-corrected chi connectivity index (χ1v) is 10.2. The molecule has 0 spiro atoms. The molecule has 1 unspecified atom stereocenters. The number of ether oxygens (including phenoxy) is 3. The number of methoxy groups -OCH3 is 2. The monoisotopic (exact) mass is 392 g/mol. The number of hydrogen-bond acceptors (Lipinski definition) is 5. The van der Waals surface area contributed by atoms with Gasteiger partial charge in [-0.1, -0.05) is 6.07 Å². The van der Waals surface area contributed by atoms with E-state index < -0.39 is 0 Å². The SMILES string of the molecule is CCNC(=NCC(C)N1CCOCC1)NCCCc1ccc(OC)c(OC)c1. The van der Waals surface area contributed by atoms with Crippen LogP contribution in [0.25, 0.3) is 0 Å². The van der Waals surface area contributed by atoms with E-state index in [1.54, 1.807) is 14.2 Å². The Labute approximate surface area is 169 Å². The predicted octanol–water partition coefficient (Wildman–Crippen LogP) is 1.91. The van der Waals surface area contributed by atoms with Gasteiger partial charge in [-0.3, -0.25) is 9.89 Å². The van der Waals surface area contributed by atoms with Gasteiger partial charge in [-0.25, -0.2) is 0 Å². The van der Waals surface area contributed by atoms with Crippen LogP contribution >= 0.6 is 0 Å². The second-order valence-electron chi connectivity index (χ2n) is 6.94. The molecule has 2 rings (SSSR count). The van der Waals surface area contributed by atoms with Gasteiger partial charge in [0.1, 0.15) is 0 Å². The highest BCUT2D eigenvalue weighted by molar-refractivity contribution is 5.79. The average molecular weight is 393 g/mol. The number of hydrogen-bond donors (Lipinski definition) is 2. The van der Waals surface area contributed by atoms with Crippen molar-refractivity contribution in [3.8, 4) is 11.5 Å². The van der Waals surface area contributed by atoms with Crippen molar-refractivity contribution in [2.45, 2.75) is 32.7 Å². The van der Waals surface area contributed by atoms with Crippen molar-refractivity contribution >= 4 is 5.96 Å². The molecule has 1 aliphatic heterocycles. The van der Waals surface area contributed by atoms with Crippen LogP contribution in [0.5, 0.6) is 11.5 Å². The summed E-state index contributed by atoms with van der Waals surface area (Å²) >= 11 is 0. The standard InChI is InChI=1S/C21H36N4O3/c1-5-22-21(24-16-17(2)25-11-13-28-14-12-25)23-10-6-7-18-8-9-19(26-3)20(15-18)27-4/h8-9,15,17H,5-7,10-14,16H2,1-4H3,(H2,22,23,24). The number of nitrogens with zero attached hydrogens (tertiary/aromatic N) is 2. The highest BCUT2D eigenvalue weighted by Crippen LogP contribution is 2.27. The van der Waals surface area contributed by atoms with Gasteiger partial charge in [-0.2, -0.15) is 0 Å². The van der Waals surface area contributed by atoms with Crippen LogP contribution in [0.4, 0.5) is 0 Å². The van der Waals surface area contributed by atoms with Gasteiger partial charge < -0.3 is 24.8 Å². The van der Waals surface area contributed by atoms with E-state index in [2.05, 4.69) is 35.4 Å². The molecule has 0 radical (unpaired) electrons. The molecule has 0 aliphatic carbocycles. The van der Waals surface area contributed by atoms with Crippen LogP contribution in [0.15, 0.2) is 23.2 Å². The van der Waals surface area contributed by atoms with Crippen LogP contribution in [0, 0.1) is 0 Å². The minimum absolute atomic E-state index is 0.422. The van der Waals surface area contributed by atoms with E-state index in [-0.39, 0.29) is 0 Å². The third kappa shape index (κ3) is 7.20. The zero-order valence-electron chi connectivity index (χ0n) is 17.8. The summed E-state index contributed by atoms with van der Waals surface area (Å²) in [5.41, 5.74) is 1.24. The lowest BCUT2D eigenvalue weighted by Gasteiger charge is -2.31. The summed E-state index contributed by atoms with van der Waals surface area (Å²) in [7, 11) is 3.32. The summed E-state index contributed by atoms with van der Waals surface area (Å²) in [4.78, 5) is 7.20. The van der Waals surface area contributed by atoms with Crippen LogP contribution in [0.1, 0.15) is 25.8 Å². The number of nitrogens with one attached hydrogen (secondary N) is 2. The minimum atomic E-state index is 0.422. The molecule has 1 heterocycles. The first-order valence-electron chi connectivity index (χ1n) is 10.2. The van der Waals surface area contributed by atoms with Gasteiger partial charge in [-0.05, 0) is 44.4 Å². The van der Waals surface area contributed by atoms with Crippen molar-refractivity contribution in [3.05, 3.63) is 23.8 Å². The van der Waals surface area contributed by atoms with Crippen molar-refractivity contribution in [3.63, 3.8) is 0 Å². The quantitative estimate of drug-likeness (QED) is 0.360. The first-order chi connectivity index (χ1) is 13.7. The number of guanidine groups is 1. The van der Waals surface area contributed by atoms with Gasteiger partial charge in [0.15, 0.2) is 17.5 Å². The Balaban J connectivity index is 1.77. The van der Waals surface area contributed by atoms with E-state index in [1.165, 1.54) is 5.56 Å². The average Bonchev–Trinajstić information content (AvgIpc) is 2.75. The Kier molecular flexibility index (Phi) is 9.93. The molecule has 0 bridgehead atoms. The molecule has 7 heteroatoms.